The van der Waals surface area contributed by atoms with E-state index in [4.69, 9.17) is 0 Å². The molecule has 0 bridgehead atoms. The van der Waals surface area contributed by atoms with Crippen molar-refractivity contribution >= 4 is 5.57 Å². The summed E-state index contributed by atoms with van der Waals surface area (Å²) in [5, 5.41) is 0. The van der Waals surface area contributed by atoms with Crippen molar-refractivity contribution in [1.29, 1.82) is 0 Å². The lowest BCUT2D eigenvalue weighted by molar-refractivity contribution is 0.702. The Bertz CT molecular complexity index is 618. The zero-order valence-electron chi connectivity index (χ0n) is 11.9. The molecule has 1 fully saturated rings. The lowest BCUT2D eigenvalue weighted by Crippen LogP contribution is -1.90. The molecule has 0 amide bonds. The summed E-state index contributed by atoms with van der Waals surface area (Å²) in [4.78, 5) is 0. The van der Waals surface area contributed by atoms with Crippen LogP contribution in [-0.4, -0.2) is 0 Å². The fraction of sp³-hybridized carbons (Fsp3) is 0.300. The summed E-state index contributed by atoms with van der Waals surface area (Å²) >= 11 is 0. The third-order valence-electron chi connectivity index (χ3n) is 4.74. The Hall–Kier alpha value is -1.82. The first-order chi connectivity index (χ1) is 9.95. The Morgan fingerprint density at radius 3 is 1.45 bits per heavy atom. The molecule has 20 heavy (non-hydrogen) atoms. The van der Waals surface area contributed by atoms with Gasteiger partial charge >= 0.3 is 0 Å². The molecule has 2 aliphatic rings. The van der Waals surface area contributed by atoms with Crippen LogP contribution < -0.4 is 0 Å². The van der Waals surface area contributed by atoms with Gasteiger partial charge in [-0.15, -0.1) is 0 Å². The van der Waals surface area contributed by atoms with E-state index in [0.717, 1.165) is 0 Å². The van der Waals surface area contributed by atoms with E-state index >= 15 is 0 Å². The first-order valence-corrected chi connectivity index (χ1v) is 7.86. The van der Waals surface area contributed by atoms with Gasteiger partial charge in [0.2, 0.25) is 0 Å². The molecule has 2 aliphatic carbocycles. The second-order valence-electron chi connectivity index (χ2n) is 5.98. The van der Waals surface area contributed by atoms with E-state index in [1.165, 1.54) is 60.8 Å². The predicted octanol–water partition coefficient (Wildman–Crippen LogP) is 5.82. The van der Waals surface area contributed by atoms with Gasteiger partial charge in [-0.25, -0.2) is 0 Å². The average molecular weight is 260 g/mol. The Morgan fingerprint density at radius 2 is 0.950 bits per heavy atom. The summed E-state index contributed by atoms with van der Waals surface area (Å²) in [5.41, 5.74) is 9.03. The molecule has 2 aromatic rings. The van der Waals surface area contributed by atoms with E-state index in [9.17, 15) is 0 Å². The Morgan fingerprint density at radius 1 is 0.500 bits per heavy atom. The topological polar surface area (TPSA) is 0 Å². The Balaban J connectivity index is 1.97. The third-order valence-corrected chi connectivity index (χ3v) is 4.74. The molecule has 0 aromatic heterocycles. The maximum Gasteiger partial charge on any atom is -0.00990 e. The molecule has 0 atom stereocenters. The molecule has 0 spiro atoms. The first-order valence-electron chi connectivity index (χ1n) is 7.86. The minimum atomic E-state index is 1.29. The second-order valence-corrected chi connectivity index (χ2v) is 5.98. The molecule has 100 valence electrons. The summed E-state index contributed by atoms with van der Waals surface area (Å²) in [6, 6.07) is 17.9. The predicted molar refractivity (Wildman–Crippen MR) is 85.6 cm³/mol. The second kappa shape index (κ2) is 4.94. The standard InChI is InChI=1S/C20H20/c1-2-4-10-15(9-3-1)20-18-13-7-5-11-16(18)17-12-6-8-14-19(17)20/h5-8,11-14H,1-4,9-10H2. The summed E-state index contributed by atoms with van der Waals surface area (Å²) in [7, 11) is 0. The molecule has 0 aliphatic heterocycles. The SMILES string of the molecule is c1ccc2c(c1)C(=C1CCCCCC1)c1ccccc1-2. The lowest BCUT2D eigenvalue weighted by Gasteiger charge is -2.11. The Kier molecular flexibility index (Phi) is 2.95. The zero-order chi connectivity index (χ0) is 13.4. The van der Waals surface area contributed by atoms with E-state index in [-0.39, 0.29) is 0 Å². The van der Waals surface area contributed by atoms with Gasteiger partial charge in [-0.3, -0.25) is 0 Å². The summed E-state index contributed by atoms with van der Waals surface area (Å²) in [6.45, 7) is 0. The maximum absolute atomic E-state index is 2.31. The number of hydrogen-bond donors (Lipinski definition) is 0. The van der Waals surface area contributed by atoms with Crippen LogP contribution in [0.25, 0.3) is 16.7 Å². The van der Waals surface area contributed by atoms with Crippen LogP contribution in [0, 0.1) is 0 Å². The van der Waals surface area contributed by atoms with Crippen LogP contribution in [0.2, 0.25) is 0 Å². The molecule has 0 unspecified atom stereocenters. The van der Waals surface area contributed by atoms with E-state index in [2.05, 4.69) is 48.5 Å². The molecular formula is C20H20. The van der Waals surface area contributed by atoms with E-state index in [0.29, 0.717) is 0 Å². The van der Waals surface area contributed by atoms with Crippen LogP contribution in [0.1, 0.15) is 49.7 Å². The van der Waals surface area contributed by atoms with Crippen molar-refractivity contribution in [2.24, 2.45) is 0 Å². The van der Waals surface area contributed by atoms with Gasteiger partial charge in [0.1, 0.15) is 0 Å². The third kappa shape index (κ3) is 1.83. The molecule has 2 aromatic carbocycles. The van der Waals surface area contributed by atoms with Crippen molar-refractivity contribution in [3.8, 4) is 11.1 Å². The molecule has 0 nitrogen and oxygen atoms in total. The molecule has 4 rings (SSSR count). The van der Waals surface area contributed by atoms with Crippen molar-refractivity contribution < 1.29 is 0 Å². The van der Waals surface area contributed by atoms with Crippen LogP contribution in [0.4, 0.5) is 0 Å². The summed E-state index contributed by atoms with van der Waals surface area (Å²) < 4.78 is 0. The van der Waals surface area contributed by atoms with E-state index in [1.54, 1.807) is 11.1 Å². The van der Waals surface area contributed by atoms with Crippen LogP contribution in [0.5, 0.6) is 0 Å². The van der Waals surface area contributed by atoms with Gasteiger partial charge < -0.3 is 0 Å². The highest BCUT2D eigenvalue weighted by Crippen LogP contribution is 2.47. The highest BCUT2D eigenvalue weighted by Gasteiger charge is 2.25. The van der Waals surface area contributed by atoms with Gasteiger partial charge in [0.15, 0.2) is 0 Å². The fourth-order valence-electron chi connectivity index (χ4n) is 3.80. The van der Waals surface area contributed by atoms with Gasteiger partial charge in [0.05, 0.1) is 0 Å². The smallest absolute Gasteiger partial charge is 0.00990 e. The molecule has 0 heteroatoms. The highest BCUT2D eigenvalue weighted by atomic mass is 14.3. The first kappa shape index (κ1) is 12.0. The summed E-state index contributed by atoms with van der Waals surface area (Å²) in [6.07, 6.45) is 8.11. The molecule has 0 heterocycles. The van der Waals surface area contributed by atoms with E-state index < -0.39 is 0 Å². The van der Waals surface area contributed by atoms with Crippen LogP contribution in [-0.2, 0) is 0 Å². The maximum atomic E-state index is 2.31. The van der Waals surface area contributed by atoms with Crippen molar-refractivity contribution in [1.82, 2.24) is 0 Å². The number of benzene rings is 2. The monoisotopic (exact) mass is 260 g/mol. The fourth-order valence-corrected chi connectivity index (χ4v) is 3.80. The normalized spacial score (nSPS) is 17.6. The quantitative estimate of drug-likeness (QED) is 0.446. The minimum Gasteiger partial charge on any atom is -0.0617 e. The van der Waals surface area contributed by atoms with Gasteiger partial charge in [0, 0.05) is 0 Å². The van der Waals surface area contributed by atoms with Gasteiger partial charge in [-0.2, -0.15) is 0 Å². The number of rotatable bonds is 0. The molecule has 0 radical (unpaired) electrons. The molecule has 1 saturated carbocycles. The van der Waals surface area contributed by atoms with Gasteiger partial charge in [0.25, 0.3) is 0 Å². The van der Waals surface area contributed by atoms with Gasteiger partial charge in [-0.05, 0) is 53.5 Å². The van der Waals surface area contributed by atoms with Crippen molar-refractivity contribution in [2.45, 2.75) is 38.5 Å². The Labute approximate surface area is 121 Å². The van der Waals surface area contributed by atoms with Crippen molar-refractivity contribution in [3.05, 3.63) is 65.2 Å². The van der Waals surface area contributed by atoms with Crippen LogP contribution >= 0.6 is 0 Å². The van der Waals surface area contributed by atoms with Gasteiger partial charge in [-0.1, -0.05) is 66.9 Å². The number of hydrogen-bond acceptors (Lipinski definition) is 0. The van der Waals surface area contributed by atoms with Crippen molar-refractivity contribution in [2.75, 3.05) is 0 Å². The molecular weight excluding hydrogens is 240 g/mol. The van der Waals surface area contributed by atoms with E-state index in [1.807, 2.05) is 0 Å². The minimum absolute atomic E-state index is 1.29. The highest BCUT2D eigenvalue weighted by molar-refractivity contribution is 6.02. The van der Waals surface area contributed by atoms with Crippen LogP contribution in [0.3, 0.4) is 0 Å². The average Bonchev–Trinajstić information content (AvgIpc) is 2.65. The van der Waals surface area contributed by atoms with Crippen LogP contribution in [0.15, 0.2) is 54.1 Å². The summed E-state index contributed by atoms with van der Waals surface area (Å²) in [5.74, 6) is 0. The zero-order valence-corrected chi connectivity index (χ0v) is 11.9. The largest absolute Gasteiger partial charge is 0.0617 e. The number of fused-ring (bicyclic) bond motifs is 3. The lowest BCUT2D eigenvalue weighted by atomic mass is 9.93. The van der Waals surface area contributed by atoms with Crippen molar-refractivity contribution in [3.63, 3.8) is 0 Å². The molecule has 0 N–H and O–H groups in total. The molecule has 0 saturated heterocycles. The number of allylic oxidation sites excluding steroid dienone is 1.